The predicted molar refractivity (Wildman–Crippen MR) is 119 cm³/mol. The van der Waals surface area contributed by atoms with Crippen molar-refractivity contribution in [3.05, 3.63) is 65.4 Å². The van der Waals surface area contributed by atoms with Gasteiger partial charge in [-0.15, -0.1) is 36.2 Å². The summed E-state index contributed by atoms with van der Waals surface area (Å²) in [7, 11) is 1.68. The number of ether oxygens (including phenoxy) is 1. The summed E-state index contributed by atoms with van der Waals surface area (Å²) in [5, 5.41) is 6.71. The van der Waals surface area contributed by atoms with Crippen LogP contribution in [0, 0.1) is 0 Å². The van der Waals surface area contributed by atoms with E-state index in [0.29, 0.717) is 6.04 Å². The topological polar surface area (TPSA) is 50.3 Å². The molecule has 3 aromatic rings. The lowest BCUT2D eigenvalue weighted by Gasteiger charge is -2.35. The van der Waals surface area contributed by atoms with Gasteiger partial charge in [0.25, 0.3) is 0 Å². The number of rotatable bonds is 5. The predicted octanol–water partition coefficient (Wildman–Crippen LogP) is 4.20. The third kappa shape index (κ3) is 5.21. The number of methoxy groups -OCH3 is 1. The monoisotopic (exact) mass is 438 g/mol. The molecule has 3 heterocycles. The highest BCUT2D eigenvalue weighted by molar-refractivity contribution is 7.13. The van der Waals surface area contributed by atoms with Crippen molar-refractivity contribution in [2.24, 2.45) is 0 Å². The molecule has 1 aliphatic heterocycles. The maximum absolute atomic E-state index is 5.23. The molecule has 1 aliphatic rings. The summed E-state index contributed by atoms with van der Waals surface area (Å²) < 4.78 is 5.23. The van der Waals surface area contributed by atoms with Crippen molar-refractivity contribution in [2.45, 2.75) is 12.6 Å². The minimum atomic E-state index is 0. The van der Waals surface area contributed by atoms with Crippen molar-refractivity contribution >= 4 is 36.2 Å². The second kappa shape index (κ2) is 10.7. The SMILES string of the molecule is COc1ccc(-c2nc(CN3CCNCC3c3cccnc3)cs2)cc1.Cl.Cl. The molecule has 1 atom stereocenters. The molecule has 1 fully saturated rings. The van der Waals surface area contributed by atoms with E-state index in [-0.39, 0.29) is 24.8 Å². The van der Waals surface area contributed by atoms with Gasteiger partial charge in [-0.25, -0.2) is 4.98 Å². The van der Waals surface area contributed by atoms with Crippen molar-refractivity contribution in [3.8, 4) is 16.3 Å². The van der Waals surface area contributed by atoms with Gasteiger partial charge in [-0.05, 0) is 35.9 Å². The van der Waals surface area contributed by atoms with E-state index in [9.17, 15) is 0 Å². The largest absolute Gasteiger partial charge is 0.497 e. The van der Waals surface area contributed by atoms with Crippen LogP contribution < -0.4 is 10.1 Å². The summed E-state index contributed by atoms with van der Waals surface area (Å²) in [6, 6.07) is 12.6. The molecule has 0 radical (unpaired) electrons. The molecule has 28 heavy (non-hydrogen) atoms. The quantitative estimate of drug-likeness (QED) is 0.646. The van der Waals surface area contributed by atoms with Crippen LogP contribution in [0.25, 0.3) is 10.6 Å². The first-order valence-corrected chi connectivity index (χ1v) is 9.65. The maximum atomic E-state index is 5.23. The Bertz CT molecular complexity index is 845. The number of pyridine rings is 1. The van der Waals surface area contributed by atoms with Gasteiger partial charge in [-0.3, -0.25) is 9.88 Å². The zero-order chi connectivity index (χ0) is 17.8. The zero-order valence-electron chi connectivity index (χ0n) is 15.6. The fourth-order valence-electron chi connectivity index (χ4n) is 3.29. The lowest BCUT2D eigenvalue weighted by atomic mass is 10.1. The molecule has 5 nitrogen and oxygen atoms in total. The average molecular weight is 439 g/mol. The van der Waals surface area contributed by atoms with Gasteiger partial charge >= 0.3 is 0 Å². The van der Waals surface area contributed by atoms with Crippen LogP contribution in [-0.2, 0) is 6.54 Å². The van der Waals surface area contributed by atoms with E-state index in [4.69, 9.17) is 9.72 Å². The van der Waals surface area contributed by atoms with Gasteiger partial charge < -0.3 is 10.1 Å². The van der Waals surface area contributed by atoms with Crippen molar-refractivity contribution in [3.63, 3.8) is 0 Å². The van der Waals surface area contributed by atoms with Gasteiger partial charge in [0.1, 0.15) is 10.8 Å². The molecule has 0 spiro atoms. The van der Waals surface area contributed by atoms with Crippen molar-refractivity contribution < 1.29 is 4.74 Å². The van der Waals surface area contributed by atoms with Gasteiger partial charge in [-0.1, -0.05) is 6.07 Å². The van der Waals surface area contributed by atoms with Gasteiger partial charge in [-0.2, -0.15) is 0 Å². The van der Waals surface area contributed by atoms with Crippen LogP contribution in [0.15, 0.2) is 54.2 Å². The number of hydrogen-bond acceptors (Lipinski definition) is 6. The van der Waals surface area contributed by atoms with Gasteiger partial charge in [0, 0.05) is 55.6 Å². The Balaban J connectivity index is 0.00000140. The minimum absolute atomic E-state index is 0. The summed E-state index contributed by atoms with van der Waals surface area (Å²) in [4.78, 5) is 11.6. The summed E-state index contributed by atoms with van der Waals surface area (Å²) >= 11 is 1.70. The summed E-state index contributed by atoms with van der Waals surface area (Å²) in [6.45, 7) is 3.82. The van der Waals surface area contributed by atoms with Crippen LogP contribution in [0.4, 0.5) is 0 Å². The Hall–Kier alpha value is -1.70. The Labute approximate surface area is 182 Å². The number of nitrogens with one attached hydrogen (secondary N) is 1. The molecule has 4 rings (SSSR count). The van der Waals surface area contributed by atoms with E-state index >= 15 is 0 Å². The maximum Gasteiger partial charge on any atom is 0.123 e. The van der Waals surface area contributed by atoms with E-state index in [2.05, 4.69) is 38.8 Å². The second-order valence-electron chi connectivity index (χ2n) is 6.35. The molecule has 1 aromatic carbocycles. The summed E-state index contributed by atoms with van der Waals surface area (Å²) in [5.41, 5.74) is 3.51. The molecular weight excluding hydrogens is 415 g/mol. The molecule has 0 saturated carbocycles. The number of nitrogens with zero attached hydrogens (tertiary/aromatic N) is 3. The number of thiazole rings is 1. The van der Waals surface area contributed by atoms with Gasteiger partial charge in [0.2, 0.25) is 0 Å². The number of hydrogen-bond donors (Lipinski definition) is 1. The van der Waals surface area contributed by atoms with Crippen LogP contribution in [0.5, 0.6) is 5.75 Å². The zero-order valence-corrected chi connectivity index (χ0v) is 18.0. The van der Waals surface area contributed by atoms with Crippen LogP contribution in [0.3, 0.4) is 0 Å². The number of benzene rings is 1. The van der Waals surface area contributed by atoms with E-state index in [1.165, 1.54) is 5.56 Å². The lowest BCUT2D eigenvalue weighted by Crippen LogP contribution is -2.45. The first-order chi connectivity index (χ1) is 12.8. The lowest BCUT2D eigenvalue weighted by molar-refractivity contribution is 0.152. The van der Waals surface area contributed by atoms with Crippen molar-refractivity contribution in [1.29, 1.82) is 0 Å². The minimum Gasteiger partial charge on any atom is -0.497 e. The third-order valence-electron chi connectivity index (χ3n) is 4.68. The Morgan fingerprint density at radius 3 is 2.75 bits per heavy atom. The highest BCUT2D eigenvalue weighted by Crippen LogP contribution is 2.28. The second-order valence-corrected chi connectivity index (χ2v) is 7.21. The van der Waals surface area contributed by atoms with Crippen LogP contribution >= 0.6 is 36.2 Å². The van der Waals surface area contributed by atoms with E-state index in [1.807, 2.05) is 30.6 Å². The summed E-state index contributed by atoms with van der Waals surface area (Å²) in [5.74, 6) is 0.866. The van der Waals surface area contributed by atoms with E-state index < -0.39 is 0 Å². The fraction of sp³-hybridized carbons (Fsp3) is 0.300. The Kier molecular flexibility index (Phi) is 8.66. The molecule has 0 aliphatic carbocycles. The smallest absolute Gasteiger partial charge is 0.123 e. The number of halogens is 2. The standard InChI is InChI=1S/C20H22N4OS.2ClH/c1-25-18-6-4-15(5-7-18)20-23-17(14-26-20)13-24-10-9-22-12-19(24)16-3-2-8-21-11-16;;/h2-8,11,14,19,22H,9-10,12-13H2,1H3;2*1H. The molecule has 0 bridgehead atoms. The molecule has 1 unspecified atom stereocenters. The Morgan fingerprint density at radius 2 is 2.04 bits per heavy atom. The average Bonchev–Trinajstić information content (AvgIpc) is 3.18. The molecule has 150 valence electrons. The normalized spacial score (nSPS) is 16.7. The van der Waals surface area contributed by atoms with Crippen LogP contribution in [0.1, 0.15) is 17.3 Å². The van der Waals surface area contributed by atoms with E-state index in [0.717, 1.165) is 48.2 Å². The first-order valence-electron chi connectivity index (χ1n) is 8.77. The Morgan fingerprint density at radius 1 is 1.21 bits per heavy atom. The molecule has 2 aromatic heterocycles. The van der Waals surface area contributed by atoms with Gasteiger partial charge in [0.15, 0.2) is 0 Å². The highest BCUT2D eigenvalue weighted by atomic mass is 35.5. The molecule has 1 saturated heterocycles. The van der Waals surface area contributed by atoms with Crippen molar-refractivity contribution in [1.82, 2.24) is 20.2 Å². The highest BCUT2D eigenvalue weighted by Gasteiger charge is 2.24. The van der Waals surface area contributed by atoms with Crippen LogP contribution in [0.2, 0.25) is 0 Å². The molecule has 8 heteroatoms. The first kappa shape index (κ1) is 22.6. The molecule has 0 amide bonds. The number of piperazine rings is 1. The van der Waals surface area contributed by atoms with Gasteiger partial charge in [0.05, 0.1) is 12.8 Å². The van der Waals surface area contributed by atoms with Crippen LogP contribution in [-0.4, -0.2) is 41.6 Å². The molecular formula is C20H24Cl2N4OS. The fourth-order valence-corrected chi connectivity index (χ4v) is 4.11. The number of aromatic nitrogens is 2. The molecule has 1 N–H and O–H groups in total. The van der Waals surface area contributed by atoms with Crippen molar-refractivity contribution in [2.75, 3.05) is 26.7 Å². The van der Waals surface area contributed by atoms with E-state index in [1.54, 1.807) is 18.4 Å². The summed E-state index contributed by atoms with van der Waals surface area (Å²) in [6.07, 6.45) is 3.79. The third-order valence-corrected chi connectivity index (χ3v) is 5.62.